The monoisotopic (exact) mass is 797 g/mol. The number of aromatic nitrogens is 3. The van der Waals surface area contributed by atoms with Crippen molar-refractivity contribution in [2.45, 2.75) is 0 Å². The second kappa shape index (κ2) is 14.0. The Bertz CT molecular complexity index is 3420. The first-order valence-electron chi connectivity index (χ1n) is 20.6. The first-order valence-corrected chi connectivity index (χ1v) is 22.3. The summed E-state index contributed by atoms with van der Waals surface area (Å²) in [7, 11) is -3.24. The second-order valence-corrected chi connectivity index (χ2v) is 18.4. The van der Waals surface area contributed by atoms with Gasteiger partial charge in [-0.3, -0.25) is 4.57 Å². The fourth-order valence-electron chi connectivity index (χ4n) is 9.28. The Balaban J connectivity index is 1.14. The van der Waals surface area contributed by atoms with E-state index in [9.17, 15) is 0 Å². The Morgan fingerprint density at radius 3 is 1.54 bits per heavy atom. The SMILES string of the molecule is O=P1(c2ccccc2)c2ccccc2-c2cc3c4ccc5ccccc5c4n(-c4nc(-c5ccc(-c6ccccc6)cc5)cc(-c5ccc(-c6ccccc6)cc5)n4)c3cc21. The van der Waals surface area contributed by atoms with Crippen molar-refractivity contribution in [2.24, 2.45) is 0 Å². The van der Waals surface area contributed by atoms with Gasteiger partial charge in [0, 0.05) is 43.2 Å². The van der Waals surface area contributed by atoms with Gasteiger partial charge in [-0.25, -0.2) is 9.97 Å². The minimum absolute atomic E-state index is 0.549. The normalized spacial score (nSPS) is 14.4. The van der Waals surface area contributed by atoms with Crippen LogP contribution in [0.2, 0.25) is 0 Å². The summed E-state index contributed by atoms with van der Waals surface area (Å²) in [5, 5.41) is 6.91. The average Bonchev–Trinajstić information content (AvgIpc) is 3.81. The number of rotatable bonds is 6. The number of fused-ring (bicyclic) bond motifs is 8. The van der Waals surface area contributed by atoms with Crippen LogP contribution >= 0.6 is 7.14 Å². The third kappa shape index (κ3) is 5.64. The van der Waals surface area contributed by atoms with Crippen LogP contribution < -0.4 is 15.9 Å². The number of hydrogen-bond donors (Lipinski definition) is 0. The van der Waals surface area contributed by atoms with E-state index in [0.717, 1.165) is 104 Å². The lowest BCUT2D eigenvalue weighted by Gasteiger charge is -2.16. The zero-order chi connectivity index (χ0) is 40.5. The van der Waals surface area contributed by atoms with Crippen LogP contribution in [0.25, 0.3) is 94.4 Å². The maximum absolute atomic E-state index is 15.9. The lowest BCUT2D eigenvalue weighted by molar-refractivity contribution is 0.593. The summed E-state index contributed by atoms with van der Waals surface area (Å²) >= 11 is 0. The molecular formula is C56H36N3OP. The maximum atomic E-state index is 15.9. The zero-order valence-corrected chi connectivity index (χ0v) is 33.9. The zero-order valence-electron chi connectivity index (χ0n) is 33.0. The summed E-state index contributed by atoms with van der Waals surface area (Å²) in [5.74, 6) is 0.549. The molecule has 0 saturated heterocycles. The summed E-state index contributed by atoms with van der Waals surface area (Å²) in [6.45, 7) is 0. The second-order valence-electron chi connectivity index (χ2n) is 15.7. The van der Waals surface area contributed by atoms with Crippen molar-refractivity contribution >= 4 is 55.6 Å². The van der Waals surface area contributed by atoms with Gasteiger partial charge < -0.3 is 4.57 Å². The highest BCUT2D eigenvalue weighted by molar-refractivity contribution is 7.86. The van der Waals surface area contributed by atoms with Crippen LogP contribution in [0.4, 0.5) is 0 Å². The first-order chi connectivity index (χ1) is 30.1. The standard InChI is InChI=1S/C56H36N3OP/c60-61(44-19-8-3-9-20-44)53-23-13-12-22-46(53)49-34-48-47-33-32-41-18-10-11-21-45(41)55(47)59(52(48)36-54(49)61)56-57-50(42-28-24-39(25-29-42)37-14-4-1-5-15-37)35-51(58-56)43-30-26-40(27-31-43)38-16-6-2-7-17-38/h1-36H. The van der Waals surface area contributed by atoms with Gasteiger partial charge in [-0.15, -0.1) is 0 Å². The molecule has 0 N–H and O–H groups in total. The van der Waals surface area contributed by atoms with Gasteiger partial charge >= 0.3 is 0 Å². The van der Waals surface area contributed by atoms with Gasteiger partial charge in [0.15, 0.2) is 7.14 Å². The van der Waals surface area contributed by atoms with E-state index in [4.69, 9.17) is 9.97 Å². The number of benzene rings is 9. The molecule has 0 radical (unpaired) electrons. The van der Waals surface area contributed by atoms with Crippen molar-refractivity contribution in [1.82, 2.24) is 14.5 Å². The third-order valence-electron chi connectivity index (χ3n) is 12.3. The third-order valence-corrected chi connectivity index (χ3v) is 15.4. The Kier molecular flexibility index (Phi) is 8.09. The fraction of sp³-hybridized carbons (Fsp3) is 0. The Morgan fingerprint density at radius 1 is 0.377 bits per heavy atom. The molecule has 286 valence electrons. The molecule has 0 fully saturated rings. The van der Waals surface area contributed by atoms with E-state index in [2.05, 4.69) is 162 Å². The van der Waals surface area contributed by atoms with Gasteiger partial charge in [-0.05, 0) is 57.0 Å². The highest BCUT2D eigenvalue weighted by Gasteiger charge is 2.41. The predicted octanol–water partition coefficient (Wildman–Crippen LogP) is 13.0. The topological polar surface area (TPSA) is 47.8 Å². The molecule has 61 heavy (non-hydrogen) atoms. The summed E-state index contributed by atoms with van der Waals surface area (Å²) in [6.07, 6.45) is 0. The Hall–Kier alpha value is -7.65. The van der Waals surface area contributed by atoms with Gasteiger partial charge in [0.05, 0.1) is 22.4 Å². The minimum Gasteiger partial charge on any atom is -0.309 e. The van der Waals surface area contributed by atoms with E-state index >= 15 is 4.57 Å². The highest BCUT2D eigenvalue weighted by atomic mass is 31.2. The van der Waals surface area contributed by atoms with Crippen molar-refractivity contribution in [2.75, 3.05) is 0 Å². The molecule has 0 saturated carbocycles. The smallest absolute Gasteiger partial charge is 0.235 e. The molecule has 0 spiro atoms. The van der Waals surface area contributed by atoms with Gasteiger partial charge in [0.2, 0.25) is 5.95 Å². The van der Waals surface area contributed by atoms with Crippen molar-refractivity contribution in [1.29, 1.82) is 0 Å². The summed E-state index contributed by atoms with van der Waals surface area (Å²) in [6, 6.07) is 75.8. The minimum atomic E-state index is -3.24. The summed E-state index contributed by atoms with van der Waals surface area (Å²) < 4.78 is 18.1. The lowest BCUT2D eigenvalue weighted by Crippen LogP contribution is -2.20. The fourth-order valence-corrected chi connectivity index (χ4v) is 12.3. The molecule has 0 bridgehead atoms. The molecule has 1 unspecified atom stereocenters. The average molecular weight is 798 g/mol. The number of nitrogens with zero attached hydrogens (tertiary/aromatic N) is 3. The molecule has 1 atom stereocenters. The summed E-state index contributed by atoms with van der Waals surface area (Å²) in [5.41, 5.74) is 12.2. The number of hydrogen-bond acceptors (Lipinski definition) is 3. The molecule has 5 heteroatoms. The lowest BCUT2D eigenvalue weighted by atomic mass is 10.0. The van der Waals surface area contributed by atoms with Crippen LogP contribution in [0.3, 0.4) is 0 Å². The Morgan fingerprint density at radius 2 is 0.902 bits per heavy atom. The van der Waals surface area contributed by atoms with Crippen LogP contribution in [-0.4, -0.2) is 14.5 Å². The van der Waals surface area contributed by atoms with Crippen molar-refractivity contribution in [3.05, 3.63) is 218 Å². The van der Waals surface area contributed by atoms with E-state index in [1.807, 2.05) is 60.7 Å². The van der Waals surface area contributed by atoms with Gasteiger partial charge in [-0.2, -0.15) is 0 Å². The molecule has 11 aromatic rings. The molecule has 2 aromatic heterocycles. The van der Waals surface area contributed by atoms with E-state index in [1.54, 1.807) is 0 Å². The van der Waals surface area contributed by atoms with E-state index in [0.29, 0.717) is 5.95 Å². The molecule has 1 aliphatic heterocycles. The first kappa shape index (κ1) is 35.3. The molecule has 1 aliphatic rings. The quantitative estimate of drug-likeness (QED) is 0.157. The van der Waals surface area contributed by atoms with Crippen LogP contribution in [0, 0.1) is 0 Å². The molecule has 3 heterocycles. The van der Waals surface area contributed by atoms with Crippen molar-refractivity contribution in [3.63, 3.8) is 0 Å². The predicted molar refractivity (Wildman–Crippen MR) is 254 cm³/mol. The molecule has 12 rings (SSSR count). The maximum Gasteiger partial charge on any atom is 0.235 e. The van der Waals surface area contributed by atoms with Crippen LogP contribution in [0.1, 0.15) is 0 Å². The molecule has 4 nitrogen and oxygen atoms in total. The highest BCUT2D eigenvalue weighted by Crippen LogP contribution is 2.53. The molecular weight excluding hydrogens is 762 g/mol. The van der Waals surface area contributed by atoms with Gasteiger partial charge in [0.1, 0.15) is 0 Å². The summed E-state index contributed by atoms with van der Waals surface area (Å²) in [4.78, 5) is 10.9. The molecule has 0 aliphatic carbocycles. The molecule has 9 aromatic carbocycles. The van der Waals surface area contributed by atoms with Gasteiger partial charge in [-0.1, -0.05) is 200 Å². The van der Waals surface area contributed by atoms with Gasteiger partial charge in [0.25, 0.3) is 0 Å². The van der Waals surface area contributed by atoms with Crippen LogP contribution in [0.5, 0.6) is 0 Å². The van der Waals surface area contributed by atoms with Crippen LogP contribution in [0.15, 0.2) is 218 Å². The van der Waals surface area contributed by atoms with E-state index in [-0.39, 0.29) is 0 Å². The van der Waals surface area contributed by atoms with E-state index in [1.165, 1.54) is 0 Å². The van der Waals surface area contributed by atoms with Crippen molar-refractivity contribution < 1.29 is 4.57 Å². The molecule has 0 amide bonds. The van der Waals surface area contributed by atoms with Crippen molar-refractivity contribution in [3.8, 4) is 61.8 Å². The Labute approximate surface area is 353 Å². The van der Waals surface area contributed by atoms with E-state index < -0.39 is 7.14 Å². The van der Waals surface area contributed by atoms with Crippen LogP contribution in [-0.2, 0) is 4.57 Å². The largest absolute Gasteiger partial charge is 0.309 e.